The molecular formula is C15H19Cl2NO. The van der Waals surface area contributed by atoms with Crippen LogP contribution in [0.5, 0.6) is 0 Å². The molecule has 2 rings (SSSR count). The molecule has 1 atom stereocenters. The van der Waals surface area contributed by atoms with E-state index in [1.807, 2.05) is 24.0 Å². The second-order valence-corrected chi connectivity index (χ2v) is 5.86. The lowest BCUT2D eigenvalue weighted by Gasteiger charge is -2.29. The van der Waals surface area contributed by atoms with Gasteiger partial charge in [-0.05, 0) is 43.5 Å². The van der Waals surface area contributed by atoms with Crippen LogP contribution in [0.25, 0.3) is 0 Å². The molecule has 0 radical (unpaired) electrons. The summed E-state index contributed by atoms with van der Waals surface area (Å²) in [5.41, 5.74) is 1.66. The van der Waals surface area contributed by atoms with Gasteiger partial charge in [0.25, 0.3) is 5.91 Å². The highest BCUT2D eigenvalue weighted by atomic mass is 35.5. The number of benzene rings is 1. The van der Waals surface area contributed by atoms with E-state index < -0.39 is 0 Å². The summed E-state index contributed by atoms with van der Waals surface area (Å²) in [6.45, 7) is 2.73. The minimum absolute atomic E-state index is 0.0849. The van der Waals surface area contributed by atoms with Gasteiger partial charge in [-0.25, -0.2) is 0 Å². The molecule has 1 fully saturated rings. The van der Waals surface area contributed by atoms with Crippen LogP contribution in [0, 0.1) is 6.92 Å². The predicted octanol–water partition coefficient (Wildman–Crippen LogP) is 4.27. The molecule has 19 heavy (non-hydrogen) atoms. The van der Waals surface area contributed by atoms with Gasteiger partial charge in [0.2, 0.25) is 0 Å². The van der Waals surface area contributed by atoms with E-state index in [0.717, 1.165) is 36.9 Å². The average molecular weight is 300 g/mol. The fraction of sp³-hybridized carbons (Fsp3) is 0.533. The van der Waals surface area contributed by atoms with Crippen molar-refractivity contribution in [3.05, 3.63) is 34.3 Å². The maximum Gasteiger partial charge on any atom is 0.254 e. The minimum atomic E-state index is 0.0849. The van der Waals surface area contributed by atoms with Gasteiger partial charge in [0, 0.05) is 29.1 Å². The maximum absolute atomic E-state index is 12.7. The summed E-state index contributed by atoms with van der Waals surface area (Å²) in [6.07, 6.45) is 4.39. The Kier molecular flexibility index (Phi) is 5.12. The van der Waals surface area contributed by atoms with Crippen LogP contribution in [-0.4, -0.2) is 29.3 Å². The standard InChI is InChI=1S/C15H19Cl2NO/c1-11-9-12(17)6-7-14(11)15(19)18-8-4-2-3-5-13(18)10-16/h6-7,9,13H,2-5,8,10H2,1H3. The van der Waals surface area contributed by atoms with Crippen molar-refractivity contribution in [2.45, 2.75) is 38.6 Å². The summed E-state index contributed by atoms with van der Waals surface area (Å²) in [7, 11) is 0. The number of rotatable bonds is 2. The Balaban J connectivity index is 2.25. The first-order valence-electron chi connectivity index (χ1n) is 6.76. The van der Waals surface area contributed by atoms with Crippen molar-refractivity contribution in [2.24, 2.45) is 0 Å². The molecule has 1 aromatic rings. The number of nitrogens with zero attached hydrogens (tertiary/aromatic N) is 1. The quantitative estimate of drug-likeness (QED) is 0.747. The van der Waals surface area contributed by atoms with Crippen molar-refractivity contribution < 1.29 is 4.79 Å². The van der Waals surface area contributed by atoms with Gasteiger partial charge in [0.1, 0.15) is 0 Å². The molecule has 104 valence electrons. The number of carbonyl (C=O) groups excluding carboxylic acids is 1. The first-order valence-corrected chi connectivity index (χ1v) is 7.68. The molecular weight excluding hydrogens is 281 g/mol. The fourth-order valence-electron chi connectivity index (χ4n) is 2.63. The zero-order valence-corrected chi connectivity index (χ0v) is 12.7. The van der Waals surface area contributed by atoms with E-state index in [-0.39, 0.29) is 11.9 Å². The molecule has 0 N–H and O–H groups in total. The first-order chi connectivity index (χ1) is 9.13. The zero-order valence-electron chi connectivity index (χ0n) is 11.2. The molecule has 1 heterocycles. The topological polar surface area (TPSA) is 20.3 Å². The molecule has 1 saturated heterocycles. The maximum atomic E-state index is 12.7. The molecule has 0 aliphatic carbocycles. The number of amides is 1. The Morgan fingerprint density at radius 3 is 2.84 bits per heavy atom. The lowest BCUT2D eigenvalue weighted by molar-refractivity contribution is 0.0699. The third-order valence-electron chi connectivity index (χ3n) is 3.73. The first kappa shape index (κ1) is 14.7. The van der Waals surface area contributed by atoms with Gasteiger partial charge in [-0.3, -0.25) is 4.79 Å². The molecule has 4 heteroatoms. The third-order valence-corrected chi connectivity index (χ3v) is 4.33. The van der Waals surface area contributed by atoms with E-state index in [0.29, 0.717) is 10.9 Å². The van der Waals surface area contributed by atoms with Gasteiger partial charge in [0.15, 0.2) is 0 Å². The number of halogens is 2. The number of alkyl halides is 1. The van der Waals surface area contributed by atoms with E-state index in [2.05, 4.69) is 0 Å². The van der Waals surface area contributed by atoms with Crippen LogP contribution in [0.2, 0.25) is 5.02 Å². The van der Waals surface area contributed by atoms with Gasteiger partial charge in [-0.1, -0.05) is 24.4 Å². The van der Waals surface area contributed by atoms with E-state index in [4.69, 9.17) is 23.2 Å². The predicted molar refractivity (Wildman–Crippen MR) is 80.2 cm³/mol. The second-order valence-electron chi connectivity index (χ2n) is 5.12. The molecule has 1 aliphatic heterocycles. The largest absolute Gasteiger partial charge is 0.334 e. The fourth-order valence-corrected chi connectivity index (χ4v) is 3.17. The molecule has 1 amide bonds. The van der Waals surface area contributed by atoms with Crippen LogP contribution >= 0.6 is 23.2 Å². The van der Waals surface area contributed by atoms with Gasteiger partial charge < -0.3 is 4.90 Å². The molecule has 0 aromatic heterocycles. The number of aryl methyl sites for hydroxylation is 1. The summed E-state index contributed by atoms with van der Waals surface area (Å²) in [5, 5.41) is 0.666. The molecule has 0 spiro atoms. The minimum Gasteiger partial charge on any atom is -0.334 e. The number of likely N-dealkylation sites (tertiary alicyclic amines) is 1. The van der Waals surface area contributed by atoms with E-state index >= 15 is 0 Å². The highest BCUT2D eigenvalue weighted by molar-refractivity contribution is 6.30. The molecule has 1 unspecified atom stereocenters. The Labute approximate surface area is 124 Å². The summed E-state index contributed by atoms with van der Waals surface area (Å²) in [6, 6.07) is 5.58. The SMILES string of the molecule is Cc1cc(Cl)ccc1C(=O)N1CCCCCC1CCl. The van der Waals surface area contributed by atoms with Crippen molar-refractivity contribution in [3.63, 3.8) is 0 Å². The molecule has 2 nitrogen and oxygen atoms in total. The highest BCUT2D eigenvalue weighted by Crippen LogP contribution is 2.23. The monoisotopic (exact) mass is 299 g/mol. The van der Waals surface area contributed by atoms with Gasteiger partial charge in [0.05, 0.1) is 0 Å². The molecule has 0 saturated carbocycles. The van der Waals surface area contributed by atoms with Crippen LogP contribution in [-0.2, 0) is 0 Å². The number of hydrogen-bond donors (Lipinski definition) is 0. The molecule has 0 bridgehead atoms. The summed E-state index contributed by atoms with van der Waals surface area (Å²) in [4.78, 5) is 14.6. The van der Waals surface area contributed by atoms with Crippen LogP contribution in [0.3, 0.4) is 0 Å². The normalized spacial score (nSPS) is 20.2. The zero-order chi connectivity index (χ0) is 13.8. The van der Waals surface area contributed by atoms with Crippen LogP contribution in [0.4, 0.5) is 0 Å². The van der Waals surface area contributed by atoms with E-state index in [1.54, 1.807) is 6.07 Å². The Bertz CT molecular complexity index is 461. The summed E-state index contributed by atoms with van der Waals surface area (Å²) < 4.78 is 0. The van der Waals surface area contributed by atoms with Crippen molar-refractivity contribution in [1.29, 1.82) is 0 Å². The van der Waals surface area contributed by atoms with Crippen LogP contribution in [0.1, 0.15) is 41.6 Å². The smallest absolute Gasteiger partial charge is 0.254 e. The Hall–Kier alpha value is -0.730. The van der Waals surface area contributed by atoms with Crippen molar-refractivity contribution in [2.75, 3.05) is 12.4 Å². The van der Waals surface area contributed by atoms with E-state index in [1.165, 1.54) is 6.42 Å². The Morgan fingerprint density at radius 1 is 1.37 bits per heavy atom. The van der Waals surface area contributed by atoms with Gasteiger partial charge >= 0.3 is 0 Å². The highest BCUT2D eigenvalue weighted by Gasteiger charge is 2.26. The lowest BCUT2D eigenvalue weighted by atomic mass is 10.1. The van der Waals surface area contributed by atoms with Crippen LogP contribution < -0.4 is 0 Å². The Morgan fingerprint density at radius 2 is 2.16 bits per heavy atom. The van der Waals surface area contributed by atoms with Crippen molar-refractivity contribution >= 4 is 29.1 Å². The molecule has 1 aliphatic rings. The lowest BCUT2D eigenvalue weighted by Crippen LogP contribution is -2.41. The van der Waals surface area contributed by atoms with Crippen LogP contribution in [0.15, 0.2) is 18.2 Å². The van der Waals surface area contributed by atoms with Crippen molar-refractivity contribution in [1.82, 2.24) is 4.90 Å². The third kappa shape index (κ3) is 3.43. The average Bonchev–Trinajstić information content (AvgIpc) is 2.63. The number of carbonyl (C=O) groups is 1. The summed E-state index contributed by atoms with van der Waals surface area (Å²) in [5.74, 6) is 0.597. The second kappa shape index (κ2) is 6.62. The van der Waals surface area contributed by atoms with E-state index in [9.17, 15) is 4.79 Å². The summed E-state index contributed by atoms with van der Waals surface area (Å²) >= 11 is 12.0. The van der Waals surface area contributed by atoms with Crippen molar-refractivity contribution in [3.8, 4) is 0 Å². The van der Waals surface area contributed by atoms with Gasteiger partial charge in [-0.15, -0.1) is 11.6 Å². The molecule has 1 aromatic carbocycles. The number of hydrogen-bond acceptors (Lipinski definition) is 1. The van der Waals surface area contributed by atoms with Gasteiger partial charge in [-0.2, -0.15) is 0 Å².